The molecule has 204 valence electrons. The van der Waals surface area contributed by atoms with Crippen LogP contribution in [0.2, 0.25) is 0 Å². The number of alkyl halides is 2. The minimum absolute atomic E-state index is 0.103. The molecule has 2 aromatic carbocycles. The first kappa shape index (κ1) is 28.1. The highest BCUT2D eigenvalue weighted by atomic mass is 19.3. The zero-order valence-corrected chi connectivity index (χ0v) is 23.7. The van der Waals surface area contributed by atoms with Gasteiger partial charge in [-0.05, 0) is 136 Å². The molecule has 2 aromatic rings. The zero-order chi connectivity index (χ0) is 27.0. The number of ether oxygens (including phenoxy) is 1. The van der Waals surface area contributed by atoms with E-state index in [4.69, 9.17) is 4.74 Å². The summed E-state index contributed by atoms with van der Waals surface area (Å²) in [5, 5.41) is 11.6. The summed E-state index contributed by atoms with van der Waals surface area (Å²) in [7, 11) is 0. The second-order valence-corrected chi connectivity index (χ2v) is 12.2. The molecule has 4 heteroatoms. The van der Waals surface area contributed by atoms with Crippen molar-refractivity contribution in [1.29, 1.82) is 0 Å². The van der Waals surface area contributed by atoms with E-state index in [2.05, 4.69) is 6.92 Å². The van der Waals surface area contributed by atoms with Crippen LogP contribution >= 0.6 is 0 Å². The predicted molar refractivity (Wildman–Crippen MR) is 147 cm³/mol. The minimum atomic E-state index is -3.46. The molecule has 2 nitrogen and oxygen atoms in total. The molecule has 0 spiro atoms. The predicted octanol–water partition coefficient (Wildman–Crippen LogP) is 9.34. The van der Waals surface area contributed by atoms with Crippen molar-refractivity contribution in [2.24, 2.45) is 17.8 Å². The van der Waals surface area contributed by atoms with Crippen molar-refractivity contribution in [2.45, 2.75) is 117 Å². The molecule has 37 heavy (non-hydrogen) atoms. The molecule has 0 saturated heterocycles. The van der Waals surface area contributed by atoms with Gasteiger partial charge in [-0.25, -0.2) is 0 Å². The van der Waals surface area contributed by atoms with Gasteiger partial charge in [-0.1, -0.05) is 44.7 Å². The molecule has 1 N–H and O–H groups in total. The van der Waals surface area contributed by atoms with Gasteiger partial charge < -0.3 is 9.84 Å². The van der Waals surface area contributed by atoms with E-state index in [0.29, 0.717) is 29.9 Å². The Morgan fingerprint density at radius 3 is 1.84 bits per heavy atom. The van der Waals surface area contributed by atoms with Crippen molar-refractivity contribution in [1.82, 2.24) is 0 Å². The molecule has 0 unspecified atom stereocenters. The zero-order valence-electron chi connectivity index (χ0n) is 23.7. The van der Waals surface area contributed by atoms with E-state index in [9.17, 15) is 5.11 Å². The molecule has 2 aliphatic carbocycles. The smallest absolute Gasteiger partial charge is 0.427 e. The van der Waals surface area contributed by atoms with Crippen molar-refractivity contribution >= 4 is 0 Å². The topological polar surface area (TPSA) is 29.5 Å². The Morgan fingerprint density at radius 1 is 0.811 bits per heavy atom. The molecule has 0 amide bonds. The van der Waals surface area contributed by atoms with Crippen molar-refractivity contribution < 1.29 is 18.6 Å². The van der Waals surface area contributed by atoms with Crippen LogP contribution in [0.3, 0.4) is 0 Å². The summed E-state index contributed by atoms with van der Waals surface area (Å²) < 4.78 is 36.2. The highest BCUT2D eigenvalue weighted by Gasteiger charge is 2.42. The third-order valence-corrected chi connectivity index (χ3v) is 9.62. The maximum atomic E-state index is 15.4. The first-order valence-corrected chi connectivity index (χ1v) is 14.4. The monoisotopic (exact) mass is 512 g/mol. The lowest BCUT2D eigenvalue weighted by Gasteiger charge is -2.42. The molecule has 0 aliphatic heterocycles. The minimum Gasteiger partial charge on any atom is -0.429 e. The van der Waals surface area contributed by atoms with Crippen LogP contribution in [0.15, 0.2) is 24.3 Å². The second kappa shape index (κ2) is 11.0. The van der Waals surface area contributed by atoms with Crippen LogP contribution in [0, 0.1) is 52.4 Å². The number of aliphatic hydroxyl groups is 1. The Bertz CT molecular complexity index is 1040. The van der Waals surface area contributed by atoms with E-state index < -0.39 is 11.7 Å². The Balaban J connectivity index is 1.46. The van der Waals surface area contributed by atoms with Gasteiger partial charge in [0.1, 0.15) is 5.75 Å². The fraction of sp³-hybridized carbons (Fsp3) is 0.636. The summed E-state index contributed by atoms with van der Waals surface area (Å²) in [5.41, 5.74) is 3.60. The van der Waals surface area contributed by atoms with E-state index in [1.807, 2.05) is 20.8 Å². The fourth-order valence-electron chi connectivity index (χ4n) is 7.18. The molecule has 0 bridgehead atoms. The summed E-state index contributed by atoms with van der Waals surface area (Å²) >= 11 is 0. The largest absolute Gasteiger partial charge is 0.429 e. The van der Waals surface area contributed by atoms with Gasteiger partial charge in [0.25, 0.3) is 0 Å². The van der Waals surface area contributed by atoms with Crippen molar-refractivity contribution in [3.05, 3.63) is 63.2 Å². The highest BCUT2D eigenvalue weighted by molar-refractivity contribution is 5.44. The molecule has 4 rings (SSSR count). The fourth-order valence-corrected chi connectivity index (χ4v) is 7.18. The van der Waals surface area contributed by atoms with Gasteiger partial charge in [-0.15, -0.1) is 0 Å². The normalized spacial score (nSPS) is 26.8. The van der Waals surface area contributed by atoms with E-state index in [0.717, 1.165) is 46.9 Å². The standard InChI is InChI=1S/C33H46F2O2/c1-7-8-26-9-11-27(12-10-26)28-13-15-32(36,16-14-28)29-17-23(4)31(24(5)18-29)33(34,35)37-30-19-21(2)25(6)22(3)20-30/h17-20,26-28,36H,7-16H2,1-6H3. The number of hydrogen-bond acceptors (Lipinski definition) is 2. The third-order valence-electron chi connectivity index (χ3n) is 9.62. The molecule has 2 aliphatic rings. The lowest BCUT2D eigenvalue weighted by Crippen LogP contribution is -2.35. The van der Waals surface area contributed by atoms with Crippen LogP contribution in [-0.2, 0) is 11.7 Å². The van der Waals surface area contributed by atoms with Gasteiger partial charge in [0.2, 0.25) is 0 Å². The molecule has 0 radical (unpaired) electrons. The summed E-state index contributed by atoms with van der Waals surface area (Å²) in [6, 6.07) is 6.88. The SMILES string of the molecule is CCCC1CCC(C2CCC(O)(c3cc(C)c(C(F)(F)Oc4cc(C)c(C)c(C)c4)c(C)c3)CC2)CC1. The van der Waals surface area contributed by atoms with Crippen LogP contribution in [0.4, 0.5) is 8.78 Å². The van der Waals surface area contributed by atoms with Gasteiger partial charge in [0.05, 0.1) is 11.2 Å². The van der Waals surface area contributed by atoms with Crippen LogP contribution in [0.5, 0.6) is 5.75 Å². The van der Waals surface area contributed by atoms with Crippen LogP contribution < -0.4 is 4.74 Å². The van der Waals surface area contributed by atoms with Gasteiger partial charge in [0.15, 0.2) is 0 Å². The van der Waals surface area contributed by atoms with Gasteiger partial charge in [-0.2, -0.15) is 8.78 Å². The quantitative estimate of drug-likeness (QED) is 0.400. The van der Waals surface area contributed by atoms with E-state index in [1.165, 1.54) is 38.5 Å². The molecular formula is C33H46F2O2. The van der Waals surface area contributed by atoms with Crippen LogP contribution in [-0.4, -0.2) is 5.11 Å². The van der Waals surface area contributed by atoms with Gasteiger partial charge in [0, 0.05) is 0 Å². The lowest BCUT2D eigenvalue weighted by molar-refractivity contribution is -0.186. The third kappa shape index (κ3) is 6.05. The first-order valence-electron chi connectivity index (χ1n) is 14.4. The average Bonchev–Trinajstić information content (AvgIpc) is 2.83. The van der Waals surface area contributed by atoms with E-state index >= 15 is 8.78 Å². The summed E-state index contributed by atoms with van der Waals surface area (Å²) in [6.07, 6.45) is 8.01. The Hall–Kier alpha value is -1.94. The first-order chi connectivity index (χ1) is 17.4. The van der Waals surface area contributed by atoms with Crippen molar-refractivity contribution in [3.8, 4) is 5.75 Å². The molecule has 0 atom stereocenters. The number of rotatable bonds is 7. The van der Waals surface area contributed by atoms with Gasteiger partial charge in [-0.3, -0.25) is 0 Å². The summed E-state index contributed by atoms with van der Waals surface area (Å²) in [6.45, 7) is 11.5. The lowest BCUT2D eigenvalue weighted by atomic mass is 9.66. The molecular weight excluding hydrogens is 466 g/mol. The summed E-state index contributed by atoms with van der Waals surface area (Å²) in [5.74, 6) is 2.55. The van der Waals surface area contributed by atoms with Crippen LogP contribution in [0.25, 0.3) is 0 Å². The number of aryl methyl sites for hydroxylation is 4. The van der Waals surface area contributed by atoms with E-state index in [1.54, 1.807) is 38.1 Å². The van der Waals surface area contributed by atoms with E-state index in [-0.39, 0.29) is 11.3 Å². The molecule has 2 fully saturated rings. The summed E-state index contributed by atoms with van der Waals surface area (Å²) in [4.78, 5) is 0. The Morgan fingerprint density at radius 2 is 1.32 bits per heavy atom. The van der Waals surface area contributed by atoms with Crippen molar-refractivity contribution in [2.75, 3.05) is 0 Å². The van der Waals surface area contributed by atoms with Crippen molar-refractivity contribution in [3.63, 3.8) is 0 Å². The molecule has 0 heterocycles. The average molecular weight is 513 g/mol. The number of hydrogen-bond donors (Lipinski definition) is 1. The van der Waals surface area contributed by atoms with Crippen LogP contribution in [0.1, 0.15) is 110 Å². The maximum Gasteiger partial charge on any atom is 0.427 e. The Kier molecular flexibility index (Phi) is 8.38. The second-order valence-electron chi connectivity index (χ2n) is 12.2. The van der Waals surface area contributed by atoms with Gasteiger partial charge >= 0.3 is 6.11 Å². The number of halogens is 2. The molecule has 2 saturated carbocycles. The number of benzene rings is 2. The maximum absolute atomic E-state index is 15.4. The highest BCUT2D eigenvalue weighted by Crippen LogP contribution is 2.47. The molecule has 0 aromatic heterocycles. The Labute approximate surface area is 222 Å².